The normalized spacial score (nSPS) is 27.6. The van der Waals surface area contributed by atoms with Crippen LogP contribution in [0.2, 0.25) is 0 Å². The van der Waals surface area contributed by atoms with Crippen LogP contribution in [0.5, 0.6) is 0 Å². The van der Waals surface area contributed by atoms with Gasteiger partial charge in [-0.3, -0.25) is 0 Å². The maximum atomic E-state index is 12.6. The lowest BCUT2D eigenvalue weighted by atomic mass is 9.68. The summed E-state index contributed by atoms with van der Waals surface area (Å²) < 4.78 is 27.3. The fraction of sp³-hybridized carbons (Fsp3) is 0.750. The van der Waals surface area contributed by atoms with E-state index in [4.69, 9.17) is 0 Å². The van der Waals surface area contributed by atoms with Gasteiger partial charge < -0.3 is 0 Å². The number of hydrogen-bond donors (Lipinski definition) is 0. The second kappa shape index (κ2) is 4.02. The Morgan fingerprint density at radius 2 is 2.22 bits per heavy atom. The molecule has 0 bridgehead atoms. The van der Waals surface area contributed by atoms with Crippen LogP contribution in [-0.4, -0.2) is 30.3 Å². The van der Waals surface area contributed by atoms with Crippen LogP contribution in [0.25, 0.3) is 0 Å². The smallest absolute Gasteiger partial charge is 0.249 e. The van der Waals surface area contributed by atoms with Crippen molar-refractivity contribution < 1.29 is 8.42 Å². The summed E-state index contributed by atoms with van der Waals surface area (Å²) in [7, 11) is -3.32. The average molecular weight is 286 g/mol. The van der Waals surface area contributed by atoms with Gasteiger partial charge in [-0.25, -0.2) is 13.4 Å². The van der Waals surface area contributed by atoms with E-state index in [0.29, 0.717) is 10.8 Å². The second-order valence-electron chi connectivity index (χ2n) is 5.66. The van der Waals surface area contributed by atoms with Crippen molar-refractivity contribution in [3.8, 4) is 0 Å². The Morgan fingerprint density at radius 3 is 2.67 bits per heavy atom. The fourth-order valence-electron chi connectivity index (χ4n) is 3.22. The third kappa shape index (κ3) is 1.82. The molecule has 1 saturated carbocycles. The monoisotopic (exact) mass is 286 g/mol. The average Bonchev–Trinajstić information content (AvgIpc) is 2.81. The van der Waals surface area contributed by atoms with Gasteiger partial charge in [0, 0.05) is 12.6 Å². The zero-order valence-electron chi connectivity index (χ0n) is 10.7. The molecule has 1 unspecified atom stereocenters. The molecule has 0 amide bonds. The van der Waals surface area contributed by atoms with Crippen LogP contribution in [-0.2, 0) is 10.0 Å². The van der Waals surface area contributed by atoms with Crippen molar-refractivity contribution >= 4 is 21.4 Å². The molecule has 4 nitrogen and oxygen atoms in total. The van der Waals surface area contributed by atoms with Crippen molar-refractivity contribution in [2.45, 2.75) is 49.8 Å². The van der Waals surface area contributed by atoms with Crippen molar-refractivity contribution in [2.75, 3.05) is 6.54 Å². The summed E-state index contributed by atoms with van der Waals surface area (Å²) in [5.41, 5.74) is 0.284. The molecule has 1 saturated heterocycles. The largest absolute Gasteiger partial charge is 0.254 e. The third-order valence-corrected chi connectivity index (χ3v) is 7.60. The van der Waals surface area contributed by atoms with Crippen LogP contribution < -0.4 is 0 Å². The van der Waals surface area contributed by atoms with Crippen LogP contribution in [0.3, 0.4) is 0 Å². The quantitative estimate of drug-likeness (QED) is 0.839. The van der Waals surface area contributed by atoms with E-state index >= 15 is 0 Å². The van der Waals surface area contributed by atoms with Crippen molar-refractivity contribution in [1.82, 2.24) is 9.29 Å². The summed E-state index contributed by atoms with van der Waals surface area (Å²) in [5, 5.41) is 0.804. The van der Waals surface area contributed by atoms with Crippen molar-refractivity contribution in [1.29, 1.82) is 0 Å². The van der Waals surface area contributed by atoms with Crippen LogP contribution in [0, 0.1) is 12.3 Å². The summed E-state index contributed by atoms with van der Waals surface area (Å²) in [6.45, 7) is 4.57. The van der Waals surface area contributed by atoms with Gasteiger partial charge in [0.1, 0.15) is 0 Å². The molecule has 1 aliphatic carbocycles. The third-order valence-electron chi connectivity index (χ3n) is 4.29. The maximum absolute atomic E-state index is 12.6. The molecule has 1 aromatic rings. The molecule has 18 heavy (non-hydrogen) atoms. The van der Waals surface area contributed by atoms with E-state index in [-0.39, 0.29) is 11.5 Å². The fourth-order valence-corrected chi connectivity index (χ4v) is 6.20. The van der Waals surface area contributed by atoms with E-state index in [1.807, 2.05) is 13.8 Å². The van der Waals surface area contributed by atoms with E-state index in [2.05, 4.69) is 4.98 Å². The van der Waals surface area contributed by atoms with Crippen molar-refractivity contribution in [3.05, 3.63) is 11.2 Å². The highest BCUT2D eigenvalue weighted by molar-refractivity contribution is 7.91. The summed E-state index contributed by atoms with van der Waals surface area (Å²) in [6, 6.07) is 0.123. The van der Waals surface area contributed by atoms with Gasteiger partial charge in [0.25, 0.3) is 10.0 Å². The predicted molar refractivity (Wildman–Crippen MR) is 71.1 cm³/mol. The summed E-state index contributed by atoms with van der Waals surface area (Å²) >= 11 is 1.27. The SMILES string of the molecule is Cc1ncc(S(=O)(=O)N2CC3(CCC3)CC2C)s1. The first kappa shape index (κ1) is 12.6. The Kier molecular flexibility index (Phi) is 2.80. The van der Waals surface area contributed by atoms with Crippen LogP contribution >= 0.6 is 11.3 Å². The van der Waals surface area contributed by atoms with Crippen LogP contribution in [0.4, 0.5) is 0 Å². The molecular formula is C12H18N2O2S2. The van der Waals surface area contributed by atoms with Crippen molar-refractivity contribution in [3.63, 3.8) is 0 Å². The lowest BCUT2D eigenvalue weighted by Crippen LogP contribution is -2.37. The number of nitrogens with zero attached hydrogens (tertiary/aromatic N) is 2. The van der Waals surface area contributed by atoms with Crippen molar-refractivity contribution in [2.24, 2.45) is 5.41 Å². The number of thiazole rings is 1. The van der Waals surface area contributed by atoms with Gasteiger partial charge in [-0.05, 0) is 38.5 Å². The van der Waals surface area contributed by atoms with Gasteiger partial charge in [-0.2, -0.15) is 4.31 Å². The number of aromatic nitrogens is 1. The van der Waals surface area contributed by atoms with Gasteiger partial charge in [-0.15, -0.1) is 11.3 Å². The zero-order valence-corrected chi connectivity index (χ0v) is 12.4. The van der Waals surface area contributed by atoms with Gasteiger partial charge >= 0.3 is 0 Å². The molecule has 6 heteroatoms. The lowest BCUT2D eigenvalue weighted by Gasteiger charge is -2.37. The Hall–Kier alpha value is -0.460. The van der Waals surface area contributed by atoms with E-state index < -0.39 is 10.0 Å². The molecule has 1 aliphatic heterocycles. The number of aryl methyl sites for hydroxylation is 1. The number of hydrogen-bond acceptors (Lipinski definition) is 4. The highest BCUT2D eigenvalue weighted by Gasteiger charge is 2.50. The van der Waals surface area contributed by atoms with E-state index in [0.717, 1.165) is 11.4 Å². The topological polar surface area (TPSA) is 50.3 Å². The maximum Gasteiger partial charge on any atom is 0.254 e. The van der Waals surface area contributed by atoms with Crippen LogP contribution in [0.1, 0.15) is 37.6 Å². The Labute approximate surface area is 112 Å². The molecule has 2 fully saturated rings. The molecule has 100 valence electrons. The highest BCUT2D eigenvalue weighted by Crippen LogP contribution is 2.51. The highest BCUT2D eigenvalue weighted by atomic mass is 32.2. The number of rotatable bonds is 2. The molecule has 1 atom stereocenters. The second-order valence-corrected chi connectivity index (χ2v) is 9.01. The predicted octanol–water partition coefficient (Wildman–Crippen LogP) is 2.40. The summed E-state index contributed by atoms with van der Waals surface area (Å²) in [5.74, 6) is 0. The zero-order chi connectivity index (χ0) is 13.0. The Morgan fingerprint density at radius 1 is 1.50 bits per heavy atom. The Balaban J connectivity index is 1.90. The molecule has 2 aliphatic rings. The molecule has 1 aromatic heterocycles. The number of sulfonamides is 1. The van der Waals surface area contributed by atoms with Gasteiger partial charge in [0.15, 0.2) is 4.21 Å². The molecule has 3 rings (SSSR count). The van der Waals surface area contributed by atoms with Crippen LogP contribution in [0.15, 0.2) is 10.4 Å². The molecule has 2 heterocycles. The molecule has 0 radical (unpaired) electrons. The van der Waals surface area contributed by atoms with E-state index in [1.54, 1.807) is 4.31 Å². The first-order chi connectivity index (χ1) is 8.43. The Bertz CT molecular complexity index is 560. The minimum Gasteiger partial charge on any atom is -0.249 e. The molecule has 1 spiro atoms. The first-order valence-corrected chi connectivity index (χ1v) is 8.63. The molecule has 0 aromatic carbocycles. The molecule has 0 N–H and O–H groups in total. The van der Waals surface area contributed by atoms with Gasteiger partial charge in [-0.1, -0.05) is 6.42 Å². The minimum atomic E-state index is -3.32. The summed E-state index contributed by atoms with van der Waals surface area (Å²) in [4.78, 5) is 4.06. The minimum absolute atomic E-state index is 0.123. The summed E-state index contributed by atoms with van der Waals surface area (Å²) in [6.07, 6.45) is 6.13. The first-order valence-electron chi connectivity index (χ1n) is 6.37. The van der Waals surface area contributed by atoms with E-state index in [1.165, 1.54) is 36.8 Å². The van der Waals surface area contributed by atoms with Gasteiger partial charge in [0.2, 0.25) is 0 Å². The molecular weight excluding hydrogens is 268 g/mol. The van der Waals surface area contributed by atoms with E-state index in [9.17, 15) is 8.42 Å². The van der Waals surface area contributed by atoms with Gasteiger partial charge in [0.05, 0.1) is 11.2 Å². The standard InChI is InChI=1S/C12H18N2O2S2/c1-9-6-12(4-3-5-12)8-14(9)18(15,16)11-7-13-10(2)17-11/h7,9H,3-6,8H2,1-2H3. The lowest BCUT2D eigenvalue weighted by molar-refractivity contribution is 0.152.